The van der Waals surface area contributed by atoms with Crippen LogP contribution in [-0.2, 0) is 0 Å². The van der Waals surface area contributed by atoms with Crippen LogP contribution in [0.15, 0.2) is 18.2 Å². The van der Waals surface area contributed by atoms with E-state index in [0.717, 1.165) is 0 Å². The lowest BCUT2D eigenvalue weighted by atomic mass is 10.2. The summed E-state index contributed by atoms with van der Waals surface area (Å²) < 4.78 is 5.23. The Bertz CT molecular complexity index is 336. The van der Waals surface area contributed by atoms with Gasteiger partial charge >= 0.3 is 0 Å². The van der Waals surface area contributed by atoms with Crippen LogP contribution in [0.3, 0.4) is 0 Å². The third-order valence-corrected chi connectivity index (χ3v) is 1.67. The number of ether oxygens (including phenoxy) is 1. The van der Waals surface area contributed by atoms with Gasteiger partial charge in [-0.3, -0.25) is 0 Å². The first kappa shape index (κ1) is 13.1. The molecule has 1 rings (SSSR count). The SMILES string of the molecule is Cl.N#Cc1ccc(Cl)cc1OCCN. The predicted molar refractivity (Wildman–Crippen MR) is 58.0 cm³/mol. The molecule has 1 aromatic rings. The molecular weight excluding hydrogens is 223 g/mol. The van der Waals surface area contributed by atoms with E-state index in [4.69, 9.17) is 27.3 Å². The number of benzene rings is 1. The highest BCUT2D eigenvalue weighted by atomic mass is 35.5. The van der Waals surface area contributed by atoms with Crippen LogP contribution in [0.5, 0.6) is 5.75 Å². The molecule has 14 heavy (non-hydrogen) atoms. The maximum atomic E-state index is 8.70. The molecule has 0 spiro atoms. The van der Waals surface area contributed by atoms with E-state index in [9.17, 15) is 0 Å². The smallest absolute Gasteiger partial charge is 0.138 e. The van der Waals surface area contributed by atoms with Gasteiger partial charge in [0.05, 0.1) is 5.56 Å². The summed E-state index contributed by atoms with van der Waals surface area (Å²) in [5.41, 5.74) is 5.74. The molecule has 3 nitrogen and oxygen atoms in total. The normalized spacial score (nSPS) is 8.64. The van der Waals surface area contributed by atoms with E-state index in [0.29, 0.717) is 29.5 Å². The summed E-state index contributed by atoms with van der Waals surface area (Å²) in [6, 6.07) is 6.88. The van der Waals surface area contributed by atoms with Crippen LogP contribution in [0.2, 0.25) is 5.02 Å². The van der Waals surface area contributed by atoms with Crippen molar-refractivity contribution in [2.24, 2.45) is 5.73 Å². The van der Waals surface area contributed by atoms with Crippen LogP contribution in [-0.4, -0.2) is 13.2 Å². The van der Waals surface area contributed by atoms with Gasteiger partial charge in [0, 0.05) is 17.6 Å². The molecule has 0 amide bonds. The summed E-state index contributed by atoms with van der Waals surface area (Å²) in [6.07, 6.45) is 0. The average molecular weight is 233 g/mol. The van der Waals surface area contributed by atoms with Crippen LogP contribution in [0, 0.1) is 11.3 Å². The highest BCUT2D eigenvalue weighted by Crippen LogP contribution is 2.22. The quantitative estimate of drug-likeness (QED) is 0.868. The number of nitriles is 1. The molecule has 0 fully saturated rings. The zero-order chi connectivity index (χ0) is 9.68. The Morgan fingerprint density at radius 1 is 1.50 bits per heavy atom. The van der Waals surface area contributed by atoms with Crippen molar-refractivity contribution in [3.8, 4) is 11.8 Å². The highest BCUT2D eigenvalue weighted by Gasteiger charge is 2.02. The van der Waals surface area contributed by atoms with Crippen molar-refractivity contribution in [2.75, 3.05) is 13.2 Å². The van der Waals surface area contributed by atoms with Crippen molar-refractivity contribution < 1.29 is 4.74 Å². The Labute approximate surface area is 93.8 Å². The van der Waals surface area contributed by atoms with Gasteiger partial charge < -0.3 is 10.5 Å². The Morgan fingerprint density at radius 2 is 2.21 bits per heavy atom. The minimum Gasteiger partial charge on any atom is -0.491 e. The van der Waals surface area contributed by atoms with Gasteiger partial charge in [-0.1, -0.05) is 11.6 Å². The first-order valence-electron chi connectivity index (χ1n) is 3.80. The monoisotopic (exact) mass is 232 g/mol. The summed E-state index contributed by atoms with van der Waals surface area (Å²) >= 11 is 5.73. The van der Waals surface area contributed by atoms with E-state index in [1.54, 1.807) is 18.2 Å². The van der Waals surface area contributed by atoms with E-state index in [2.05, 4.69) is 0 Å². The standard InChI is InChI=1S/C9H9ClN2O.ClH/c10-8-2-1-7(6-12)9(5-8)13-4-3-11;/h1-2,5H,3-4,11H2;1H. The fourth-order valence-electron chi connectivity index (χ4n) is 0.877. The molecule has 0 aliphatic heterocycles. The lowest BCUT2D eigenvalue weighted by molar-refractivity contribution is 0.327. The lowest BCUT2D eigenvalue weighted by Gasteiger charge is -2.05. The van der Waals surface area contributed by atoms with Gasteiger partial charge in [-0.05, 0) is 12.1 Å². The maximum absolute atomic E-state index is 8.70. The Balaban J connectivity index is 0.00000169. The molecule has 0 aliphatic rings. The number of hydrogen-bond donors (Lipinski definition) is 1. The van der Waals surface area contributed by atoms with Crippen molar-refractivity contribution in [1.29, 1.82) is 5.26 Å². The van der Waals surface area contributed by atoms with Crippen LogP contribution < -0.4 is 10.5 Å². The second kappa shape index (κ2) is 6.50. The van der Waals surface area contributed by atoms with Crippen LogP contribution in [0.25, 0.3) is 0 Å². The summed E-state index contributed by atoms with van der Waals surface area (Å²) in [4.78, 5) is 0. The molecule has 0 saturated carbocycles. The summed E-state index contributed by atoms with van der Waals surface area (Å²) in [7, 11) is 0. The lowest BCUT2D eigenvalue weighted by Crippen LogP contribution is -2.11. The zero-order valence-corrected chi connectivity index (χ0v) is 8.94. The zero-order valence-electron chi connectivity index (χ0n) is 7.37. The first-order chi connectivity index (χ1) is 6.27. The van der Waals surface area contributed by atoms with Crippen molar-refractivity contribution in [3.63, 3.8) is 0 Å². The number of nitrogens with two attached hydrogens (primary N) is 1. The minimum atomic E-state index is 0. The van der Waals surface area contributed by atoms with Crippen molar-refractivity contribution in [3.05, 3.63) is 28.8 Å². The van der Waals surface area contributed by atoms with Gasteiger partial charge in [-0.25, -0.2) is 0 Å². The number of nitrogens with zero attached hydrogens (tertiary/aromatic N) is 1. The molecule has 0 aromatic heterocycles. The molecular formula is C9H10Cl2N2O. The fraction of sp³-hybridized carbons (Fsp3) is 0.222. The van der Waals surface area contributed by atoms with Gasteiger partial charge in [0.25, 0.3) is 0 Å². The van der Waals surface area contributed by atoms with E-state index < -0.39 is 0 Å². The molecule has 2 N–H and O–H groups in total. The van der Waals surface area contributed by atoms with Gasteiger partial charge in [0.1, 0.15) is 18.4 Å². The van der Waals surface area contributed by atoms with E-state index in [1.807, 2.05) is 6.07 Å². The summed E-state index contributed by atoms with van der Waals surface area (Å²) in [5.74, 6) is 0.487. The number of rotatable bonds is 3. The van der Waals surface area contributed by atoms with E-state index in [-0.39, 0.29) is 12.4 Å². The van der Waals surface area contributed by atoms with Gasteiger partial charge in [0.2, 0.25) is 0 Å². The van der Waals surface area contributed by atoms with Gasteiger partial charge in [-0.2, -0.15) is 5.26 Å². The van der Waals surface area contributed by atoms with E-state index in [1.165, 1.54) is 0 Å². The van der Waals surface area contributed by atoms with Crippen molar-refractivity contribution in [1.82, 2.24) is 0 Å². The predicted octanol–water partition coefficient (Wildman–Crippen LogP) is 1.97. The molecule has 1 aromatic carbocycles. The maximum Gasteiger partial charge on any atom is 0.138 e. The number of halogens is 2. The average Bonchev–Trinajstić information content (AvgIpc) is 2.15. The second-order valence-electron chi connectivity index (χ2n) is 2.39. The van der Waals surface area contributed by atoms with Gasteiger partial charge in [-0.15, -0.1) is 12.4 Å². The van der Waals surface area contributed by atoms with Crippen molar-refractivity contribution in [2.45, 2.75) is 0 Å². The molecule has 76 valence electrons. The fourth-order valence-corrected chi connectivity index (χ4v) is 1.04. The van der Waals surface area contributed by atoms with Gasteiger partial charge in [0.15, 0.2) is 0 Å². The molecule has 5 heteroatoms. The third kappa shape index (κ3) is 3.43. The molecule has 0 saturated heterocycles. The highest BCUT2D eigenvalue weighted by molar-refractivity contribution is 6.30. The second-order valence-corrected chi connectivity index (χ2v) is 2.83. The third-order valence-electron chi connectivity index (χ3n) is 1.44. The number of hydrogen-bond acceptors (Lipinski definition) is 3. The first-order valence-corrected chi connectivity index (χ1v) is 4.18. The Morgan fingerprint density at radius 3 is 2.79 bits per heavy atom. The summed E-state index contributed by atoms with van der Waals surface area (Å²) in [5, 5.41) is 9.25. The molecule has 0 radical (unpaired) electrons. The van der Waals surface area contributed by atoms with Crippen molar-refractivity contribution >= 4 is 24.0 Å². The Hall–Kier alpha value is -0.950. The van der Waals surface area contributed by atoms with E-state index >= 15 is 0 Å². The van der Waals surface area contributed by atoms with Crippen LogP contribution in [0.1, 0.15) is 5.56 Å². The molecule has 0 aliphatic carbocycles. The van der Waals surface area contributed by atoms with Crippen LogP contribution in [0.4, 0.5) is 0 Å². The topological polar surface area (TPSA) is 59.0 Å². The Kier molecular flexibility index (Phi) is 6.06. The van der Waals surface area contributed by atoms with Crippen LogP contribution >= 0.6 is 24.0 Å². The molecule has 0 heterocycles. The largest absolute Gasteiger partial charge is 0.491 e. The molecule has 0 atom stereocenters. The molecule has 0 bridgehead atoms. The minimum absolute atomic E-state index is 0. The summed E-state index contributed by atoms with van der Waals surface area (Å²) in [6.45, 7) is 0.798. The molecule has 0 unspecified atom stereocenters.